The van der Waals surface area contributed by atoms with E-state index in [0.717, 1.165) is 10.0 Å². The first-order valence-electron chi connectivity index (χ1n) is 8.33. The minimum Gasteiger partial charge on any atom is -0.481 e. The summed E-state index contributed by atoms with van der Waals surface area (Å²) in [4.78, 5) is 37.3. The highest BCUT2D eigenvalue weighted by Gasteiger charge is 2.44. The van der Waals surface area contributed by atoms with Crippen molar-refractivity contribution in [3.05, 3.63) is 34.3 Å². The summed E-state index contributed by atoms with van der Waals surface area (Å²) in [7, 11) is 0. The van der Waals surface area contributed by atoms with Crippen molar-refractivity contribution in [3.8, 4) is 0 Å². The van der Waals surface area contributed by atoms with Gasteiger partial charge in [0.05, 0.1) is 18.4 Å². The minimum absolute atomic E-state index is 0.0295. The van der Waals surface area contributed by atoms with Gasteiger partial charge in [0.15, 0.2) is 0 Å². The van der Waals surface area contributed by atoms with Crippen molar-refractivity contribution < 1.29 is 24.2 Å². The van der Waals surface area contributed by atoms with Crippen LogP contribution in [0.15, 0.2) is 28.7 Å². The highest BCUT2D eigenvalue weighted by atomic mass is 79.9. The minimum atomic E-state index is -0.954. The molecule has 1 atom stereocenters. The summed E-state index contributed by atoms with van der Waals surface area (Å²) in [6.07, 6.45) is 1.34. The number of nitrogens with zero attached hydrogens (tertiary/aromatic N) is 1. The number of esters is 1. The van der Waals surface area contributed by atoms with E-state index in [1.54, 1.807) is 4.90 Å². The number of aliphatic carboxylic acids is 1. The summed E-state index contributed by atoms with van der Waals surface area (Å²) in [5.41, 5.74) is -0.186. The molecule has 134 valence electrons. The zero-order chi connectivity index (χ0) is 18.0. The van der Waals surface area contributed by atoms with Gasteiger partial charge in [-0.1, -0.05) is 28.1 Å². The normalized spacial score (nSPS) is 22.5. The molecule has 0 bridgehead atoms. The highest BCUT2D eigenvalue weighted by Crippen LogP contribution is 2.37. The van der Waals surface area contributed by atoms with Crippen LogP contribution in [-0.2, 0) is 24.5 Å². The molecule has 25 heavy (non-hydrogen) atoms. The molecule has 1 aromatic carbocycles. The number of halogens is 1. The lowest BCUT2D eigenvalue weighted by Gasteiger charge is -2.39. The van der Waals surface area contributed by atoms with Crippen LogP contribution >= 0.6 is 15.9 Å². The molecule has 3 rings (SSSR count). The Morgan fingerprint density at radius 2 is 1.88 bits per heavy atom. The molecule has 2 saturated heterocycles. The molecule has 0 saturated carbocycles. The third kappa shape index (κ3) is 3.71. The van der Waals surface area contributed by atoms with Crippen molar-refractivity contribution >= 4 is 33.8 Å². The number of rotatable bonds is 4. The fraction of sp³-hybridized carbons (Fsp3) is 0.500. The number of hydrogen-bond donors (Lipinski definition) is 1. The van der Waals surface area contributed by atoms with E-state index in [1.807, 2.05) is 24.3 Å². The van der Waals surface area contributed by atoms with E-state index in [1.165, 1.54) is 0 Å². The third-order valence-corrected chi connectivity index (χ3v) is 5.70. The van der Waals surface area contributed by atoms with Gasteiger partial charge >= 0.3 is 11.9 Å². The van der Waals surface area contributed by atoms with E-state index < -0.39 is 11.4 Å². The summed E-state index contributed by atoms with van der Waals surface area (Å²) >= 11 is 3.36. The number of carbonyl (C=O) groups excluding carboxylic acids is 2. The Bertz CT molecular complexity index is 679. The van der Waals surface area contributed by atoms with Crippen molar-refractivity contribution in [2.24, 2.45) is 5.92 Å². The third-order valence-electron chi connectivity index (χ3n) is 5.17. The Kier molecular flexibility index (Phi) is 5.13. The fourth-order valence-electron chi connectivity index (χ4n) is 3.60. The highest BCUT2D eigenvalue weighted by molar-refractivity contribution is 9.10. The van der Waals surface area contributed by atoms with Gasteiger partial charge in [-0.15, -0.1) is 0 Å². The van der Waals surface area contributed by atoms with E-state index in [-0.39, 0.29) is 30.6 Å². The van der Waals surface area contributed by atoms with Gasteiger partial charge in [0.2, 0.25) is 5.91 Å². The second kappa shape index (κ2) is 7.15. The summed E-state index contributed by atoms with van der Waals surface area (Å²) in [6.45, 7) is 1.11. The molecule has 7 heteroatoms. The van der Waals surface area contributed by atoms with Crippen LogP contribution in [0.25, 0.3) is 0 Å². The Balaban J connectivity index is 1.66. The molecule has 6 nitrogen and oxygen atoms in total. The monoisotopic (exact) mass is 409 g/mol. The predicted octanol–water partition coefficient (Wildman–Crippen LogP) is 2.35. The largest absolute Gasteiger partial charge is 0.481 e. The van der Waals surface area contributed by atoms with E-state index in [9.17, 15) is 19.5 Å². The van der Waals surface area contributed by atoms with Crippen LogP contribution in [0.3, 0.4) is 0 Å². The van der Waals surface area contributed by atoms with Gasteiger partial charge in [-0.25, -0.2) is 0 Å². The summed E-state index contributed by atoms with van der Waals surface area (Å²) in [5, 5.41) is 9.83. The lowest BCUT2D eigenvalue weighted by Crippen LogP contribution is -2.49. The summed E-state index contributed by atoms with van der Waals surface area (Å²) in [6, 6.07) is 7.34. The van der Waals surface area contributed by atoms with Gasteiger partial charge in [0, 0.05) is 29.9 Å². The quantitative estimate of drug-likeness (QED) is 0.771. The maximum absolute atomic E-state index is 12.4. The number of carboxylic acid groups (broad SMARTS) is 1. The molecular weight excluding hydrogens is 390 g/mol. The molecule has 0 aromatic heterocycles. The Labute approximate surface area is 154 Å². The van der Waals surface area contributed by atoms with Gasteiger partial charge < -0.3 is 14.7 Å². The van der Waals surface area contributed by atoms with Crippen LogP contribution in [0.2, 0.25) is 0 Å². The second-order valence-electron chi connectivity index (χ2n) is 6.73. The fourth-order valence-corrected chi connectivity index (χ4v) is 3.87. The molecular formula is C18H20BrNO5. The lowest BCUT2D eigenvalue weighted by atomic mass is 9.72. The lowest BCUT2D eigenvalue weighted by molar-refractivity contribution is -0.148. The number of amides is 1. The first-order valence-corrected chi connectivity index (χ1v) is 9.13. The molecule has 0 aliphatic carbocycles. The Morgan fingerprint density at radius 1 is 1.24 bits per heavy atom. The number of likely N-dealkylation sites (tertiary alicyclic amines) is 1. The van der Waals surface area contributed by atoms with Gasteiger partial charge in [0.1, 0.15) is 0 Å². The van der Waals surface area contributed by atoms with Crippen LogP contribution < -0.4 is 0 Å². The van der Waals surface area contributed by atoms with Crippen LogP contribution in [0.4, 0.5) is 0 Å². The zero-order valence-corrected chi connectivity index (χ0v) is 15.3. The molecule has 0 radical (unpaired) electrons. The van der Waals surface area contributed by atoms with E-state index in [4.69, 9.17) is 4.74 Å². The number of carboxylic acids is 1. The van der Waals surface area contributed by atoms with Crippen molar-refractivity contribution in [1.82, 2.24) is 4.90 Å². The number of benzene rings is 1. The average Bonchev–Trinajstić information content (AvgIpc) is 3.00. The number of ether oxygens (including phenoxy) is 1. The average molecular weight is 410 g/mol. The maximum atomic E-state index is 12.4. The Hall–Kier alpha value is -1.89. The number of hydrogen-bond acceptors (Lipinski definition) is 4. The number of cyclic esters (lactones) is 1. The summed E-state index contributed by atoms with van der Waals surface area (Å²) < 4.78 is 5.80. The van der Waals surface area contributed by atoms with Crippen molar-refractivity contribution in [2.75, 3.05) is 19.7 Å². The first-order chi connectivity index (χ1) is 11.9. The van der Waals surface area contributed by atoms with Crippen LogP contribution in [0, 0.1) is 5.92 Å². The summed E-state index contributed by atoms with van der Waals surface area (Å²) in [5.74, 6) is -1.19. The molecule has 2 aliphatic rings. The van der Waals surface area contributed by atoms with Crippen LogP contribution in [-0.4, -0.2) is 47.5 Å². The van der Waals surface area contributed by atoms with Gasteiger partial charge in [0.25, 0.3) is 0 Å². The number of carbonyl (C=O) groups is 3. The van der Waals surface area contributed by atoms with Crippen molar-refractivity contribution in [1.29, 1.82) is 0 Å². The zero-order valence-electron chi connectivity index (χ0n) is 13.7. The first kappa shape index (κ1) is 17.9. The maximum Gasteiger partial charge on any atom is 0.314 e. The molecule has 2 aliphatic heterocycles. The van der Waals surface area contributed by atoms with E-state index in [2.05, 4.69) is 15.9 Å². The van der Waals surface area contributed by atoms with E-state index >= 15 is 0 Å². The van der Waals surface area contributed by atoms with Crippen LogP contribution in [0.1, 0.15) is 31.2 Å². The van der Waals surface area contributed by atoms with Crippen LogP contribution in [0.5, 0.6) is 0 Å². The SMILES string of the molecule is O=C1CC(CC(=O)N2CCC(C(=O)O)(c3ccc(Br)cc3)CC2)CO1. The molecule has 0 spiro atoms. The molecule has 1 amide bonds. The molecule has 1 unspecified atom stereocenters. The molecule has 2 heterocycles. The van der Waals surface area contributed by atoms with Crippen molar-refractivity contribution in [3.63, 3.8) is 0 Å². The van der Waals surface area contributed by atoms with Gasteiger partial charge in [-0.2, -0.15) is 0 Å². The Morgan fingerprint density at radius 3 is 2.40 bits per heavy atom. The van der Waals surface area contributed by atoms with E-state index in [0.29, 0.717) is 32.5 Å². The number of piperidine rings is 1. The smallest absolute Gasteiger partial charge is 0.314 e. The molecule has 1 N–H and O–H groups in total. The standard InChI is InChI=1S/C18H20BrNO5/c19-14-3-1-13(2-4-14)18(17(23)24)5-7-20(8-6-18)15(21)9-12-10-16(22)25-11-12/h1-4,12H,5-11H2,(H,23,24). The van der Waals surface area contributed by atoms with Gasteiger partial charge in [-0.05, 0) is 30.5 Å². The molecule has 1 aromatic rings. The predicted molar refractivity (Wildman–Crippen MR) is 93.0 cm³/mol. The van der Waals surface area contributed by atoms with Gasteiger partial charge in [-0.3, -0.25) is 14.4 Å². The second-order valence-corrected chi connectivity index (χ2v) is 7.65. The molecule has 2 fully saturated rings. The topological polar surface area (TPSA) is 83.9 Å². The van der Waals surface area contributed by atoms with Crippen molar-refractivity contribution in [2.45, 2.75) is 31.1 Å².